The molecule has 3 aromatic rings. The summed E-state index contributed by atoms with van der Waals surface area (Å²) in [4.78, 5) is 31.8. The Morgan fingerprint density at radius 1 is 1.23 bits per heavy atom. The molecule has 1 aliphatic rings. The number of nitrogens with zero attached hydrogens (tertiary/aromatic N) is 5. The Bertz CT molecular complexity index is 1410. The van der Waals surface area contributed by atoms with Crippen molar-refractivity contribution < 1.29 is 32.4 Å². The molecule has 0 spiro atoms. The molecule has 40 heavy (non-hydrogen) atoms. The highest BCUT2D eigenvalue weighted by molar-refractivity contribution is 6.30. The van der Waals surface area contributed by atoms with E-state index in [1.165, 1.54) is 35.3 Å². The number of benzene rings is 2. The minimum atomic E-state index is -4.98. The molecule has 3 amide bonds. The lowest BCUT2D eigenvalue weighted by molar-refractivity contribution is -0.455. The Kier molecular flexibility index (Phi) is 8.74. The van der Waals surface area contributed by atoms with Crippen molar-refractivity contribution in [3.63, 3.8) is 0 Å². The number of rotatable bonds is 9. The Morgan fingerprint density at radius 3 is 2.55 bits per heavy atom. The number of aliphatic hydroxyl groups is 1. The van der Waals surface area contributed by atoms with Gasteiger partial charge in [0, 0.05) is 24.2 Å². The normalized spacial score (nSPS) is 14.8. The first kappa shape index (κ1) is 29.0. The van der Waals surface area contributed by atoms with Crippen LogP contribution in [0.4, 0.5) is 18.0 Å². The molecule has 0 unspecified atom stereocenters. The predicted octanol–water partition coefficient (Wildman–Crippen LogP) is 2.95. The fraction of sp³-hybridized carbons (Fsp3) is 0.346. The molecule has 1 atom stereocenters. The third-order valence-corrected chi connectivity index (χ3v) is 6.56. The average Bonchev–Trinajstić information content (AvgIpc) is 3.62. The third-order valence-electron chi connectivity index (χ3n) is 6.30. The number of carbonyl (C=O) groups excluding carboxylic acids is 2. The lowest BCUT2D eigenvalue weighted by Crippen LogP contribution is -2.47. The second-order valence-corrected chi connectivity index (χ2v) is 9.91. The topological polar surface area (TPSA) is 129 Å². The minimum Gasteiger partial charge on any atom is -0.381 e. The summed E-state index contributed by atoms with van der Waals surface area (Å²) in [7, 11) is 1.74. The molecule has 0 saturated heterocycles. The van der Waals surface area contributed by atoms with E-state index in [0.29, 0.717) is 33.3 Å². The lowest BCUT2D eigenvalue weighted by atomic mass is 10.1. The molecule has 4 rings (SSSR count). The van der Waals surface area contributed by atoms with Gasteiger partial charge in [0.2, 0.25) is 5.84 Å². The first-order chi connectivity index (χ1) is 18.9. The fourth-order valence-corrected chi connectivity index (χ4v) is 4.04. The summed E-state index contributed by atoms with van der Waals surface area (Å²) in [5.41, 5.74) is 7.15. The van der Waals surface area contributed by atoms with Gasteiger partial charge >= 0.3 is 12.2 Å². The van der Waals surface area contributed by atoms with Crippen LogP contribution in [0, 0.1) is 5.92 Å². The zero-order valence-corrected chi connectivity index (χ0v) is 22.2. The van der Waals surface area contributed by atoms with E-state index >= 15 is 0 Å². The van der Waals surface area contributed by atoms with Gasteiger partial charge in [0.15, 0.2) is 11.9 Å². The highest BCUT2D eigenvalue weighted by Crippen LogP contribution is 2.30. The highest BCUT2D eigenvalue weighted by Gasteiger charge is 2.41. The first-order valence-electron chi connectivity index (χ1n) is 12.4. The number of amides is 3. The number of nitrogens with one attached hydrogen (secondary N) is 1. The van der Waals surface area contributed by atoms with Crippen molar-refractivity contribution in [3.05, 3.63) is 76.8 Å². The van der Waals surface area contributed by atoms with Crippen LogP contribution in [0.15, 0.2) is 54.9 Å². The Balaban J connectivity index is 1.51. The van der Waals surface area contributed by atoms with Gasteiger partial charge in [-0.2, -0.15) is 17.7 Å². The van der Waals surface area contributed by atoms with Gasteiger partial charge in [0.25, 0.3) is 5.91 Å². The summed E-state index contributed by atoms with van der Waals surface area (Å²) in [5, 5.41) is 16.7. The highest BCUT2D eigenvalue weighted by atomic mass is 35.5. The van der Waals surface area contributed by atoms with E-state index < -0.39 is 24.9 Å². The number of aliphatic hydroxyl groups excluding tert-OH is 1. The van der Waals surface area contributed by atoms with Crippen molar-refractivity contribution in [1.29, 1.82) is 0 Å². The molecule has 0 aliphatic heterocycles. The standard InChI is InChI=1S/C26H27ClF3N7O3/c1-35(13-16-6-7-16)24(39)19-4-2-3-5-20(19)37-15-33-22(34-37)12-32-25(40)36(14-21(38)26(28,29)30)23(31)17-8-10-18(27)11-9-17/h2-5,8-11,15-16,21,31,38H,6-7,12-14H2,1H3,(H,32,40)/p+1/t21-/m0/s1. The molecule has 1 fully saturated rings. The smallest absolute Gasteiger partial charge is 0.381 e. The number of carbonyl (C=O) groups is 2. The lowest BCUT2D eigenvalue weighted by Gasteiger charge is -2.18. The number of amidine groups is 1. The van der Waals surface area contributed by atoms with Gasteiger partial charge in [-0.25, -0.2) is 14.5 Å². The first-order valence-corrected chi connectivity index (χ1v) is 12.8. The summed E-state index contributed by atoms with van der Waals surface area (Å²) in [5.74, 6) is 0.160. The maximum Gasteiger partial charge on any atom is 0.436 e. The van der Waals surface area contributed by atoms with Crippen LogP contribution >= 0.6 is 11.6 Å². The average molecular weight is 579 g/mol. The van der Waals surface area contributed by atoms with Crippen molar-refractivity contribution in [2.24, 2.45) is 11.7 Å². The number of alkyl halides is 3. The van der Waals surface area contributed by atoms with Crippen molar-refractivity contribution in [2.45, 2.75) is 31.7 Å². The summed E-state index contributed by atoms with van der Waals surface area (Å²) in [6.45, 7) is -0.747. The number of urea groups is 1. The van der Waals surface area contributed by atoms with Crippen LogP contribution in [0.2, 0.25) is 5.02 Å². The van der Waals surface area contributed by atoms with E-state index in [9.17, 15) is 27.9 Å². The van der Waals surface area contributed by atoms with E-state index in [1.54, 1.807) is 36.2 Å². The van der Waals surface area contributed by atoms with Gasteiger partial charge in [0.05, 0.1) is 11.3 Å². The molecule has 2 aromatic carbocycles. The Labute approximate surface area is 232 Å². The van der Waals surface area contributed by atoms with Crippen LogP contribution in [-0.4, -0.2) is 79.5 Å². The van der Waals surface area contributed by atoms with Gasteiger partial charge < -0.3 is 15.7 Å². The van der Waals surface area contributed by atoms with Crippen LogP contribution in [0.3, 0.4) is 0 Å². The Hall–Kier alpha value is -3.97. The molecule has 1 aliphatic carbocycles. The summed E-state index contributed by atoms with van der Waals surface area (Å²) >= 11 is 5.86. The minimum absolute atomic E-state index is 0.128. The molecule has 14 heteroatoms. The molecule has 212 valence electrons. The molecule has 1 aromatic heterocycles. The third kappa shape index (κ3) is 7.16. The SMILES string of the molecule is CN(CC1CC1)C(=O)c1ccccc1-n1cnc(CNC(=O)/[N+](C[C@H](O)C(F)(F)F)=C(\N)c2ccc(Cl)cc2)n1. The van der Waals surface area contributed by atoms with Crippen LogP contribution in [0.1, 0.15) is 34.6 Å². The summed E-state index contributed by atoms with van der Waals surface area (Å²) in [6, 6.07) is 11.7. The van der Waals surface area contributed by atoms with E-state index in [1.807, 2.05) is 0 Å². The van der Waals surface area contributed by atoms with Gasteiger partial charge in [0.1, 0.15) is 19.4 Å². The number of aromatic nitrogens is 3. The predicted molar refractivity (Wildman–Crippen MR) is 140 cm³/mol. The fourth-order valence-electron chi connectivity index (χ4n) is 3.92. The van der Waals surface area contributed by atoms with E-state index in [0.717, 1.165) is 12.8 Å². The maximum absolute atomic E-state index is 13.1. The zero-order valence-electron chi connectivity index (χ0n) is 21.5. The Morgan fingerprint density at radius 2 is 1.90 bits per heavy atom. The summed E-state index contributed by atoms with van der Waals surface area (Å²) in [6.07, 6.45) is -4.24. The van der Waals surface area contributed by atoms with Gasteiger partial charge in [-0.15, -0.1) is 5.10 Å². The monoisotopic (exact) mass is 578 g/mol. The van der Waals surface area contributed by atoms with Crippen LogP contribution in [0.5, 0.6) is 0 Å². The number of hydrogen-bond donors (Lipinski definition) is 3. The maximum atomic E-state index is 13.1. The summed E-state index contributed by atoms with van der Waals surface area (Å²) < 4.78 is 41.2. The molecular weight excluding hydrogens is 551 g/mol. The molecular formula is C26H28ClF3N7O3+. The number of hydrogen-bond acceptors (Lipinski definition) is 5. The molecule has 1 saturated carbocycles. The van der Waals surface area contributed by atoms with Gasteiger partial charge in [-0.3, -0.25) is 10.1 Å². The molecule has 1 heterocycles. The number of nitrogens with two attached hydrogens (primary N) is 1. The van der Waals surface area contributed by atoms with Gasteiger partial charge in [-0.05, 0) is 55.2 Å². The number of para-hydroxylation sites is 1. The number of halogens is 4. The second-order valence-electron chi connectivity index (χ2n) is 9.47. The van der Waals surface area contributed by atoms with Crippen LogP contribution < -0.4 is 11.1 Å². The van der Waals surface area contributed by atoms with Crippen molar-refractivity contribution >= 4 is 29.4 Å². The molecule has 4 N–H and O–H groups in total. The van der Waals surface area contributed by atoms with Crippen molar-refractivity contribution in [1.82, 2.24) is 25.0 Å². The van der Waals surface area contributed by atoms with E-state index in [-0.39, 0.29) is 29.7 Å². The molecule has 10 nitrogen and oxygen atoms in total. The second kappa shape index (κ2) is 12.0. The largest absolute Gasteiger partial charge is 0.436 e. The van der Waals surface area contributed by atoms with Gasteiger partial charge in [-0.1, -0.05) is 23.7 Å². The van der Waals surface area contributed by atoms with Crippen molar-refractivity contribution in [2.75, 3.05) is 20.1 Å². The van der Waals surface area contributed by atoms with Crippen molar-refractivity contribution in [3.8, 4) is 5.69 Å². The molecule has 0 bridgehead atoms. The van der Waals surface area contributed by atoms with E-state index in [2.05, 4.69) is 15.4 Å². The van der Waals surface area contributed by atoms with E-state index in [4.69, 9.17) is 17.3 Å². The van der Waals surface area contributed by atoms with Crippen LogP contribution in [-0.2, 0) is 6.54 Å². The van der Waals surface area contributed by atoms with Crippen LogP contribution in [0.25, 0.3) is 5.69 Å². The zero-order chi connectivity index (χ0) is 29.0. The molecule has 0 radical (unpaired) electrons. The quantitative estimate of drug-likeness (QED) is 0.203.